The summed E-state index contributed by atoms with van der Waals surface area (Å²) in [4.78, 5) is 14.2. The summed E-state index contributed by atoms with van der Waals surface area (Å²) in [5.41, 5.74) is 0.590. The maximum atomic E-state index is 13.3. The molecule has 1 amide bonds. The minimum atomic E-state index is -0.573. The summed E-state index contributed by atoms with van der Waals surface area (Å²) in [6, 6.07) is 4.20. The standard InChI is InChI=1S/C17H22FNO4/c1-12(23-11-14-4-2-3-8-21-14)17(20)19-7-9-22-16-10-13(18)5-6-15(16)19/h5-6,10,12,14H,2-4,7-9,11H2,1H3. The largest absolute Gasteiger partial charge is 0.489 e. The Balaban J connectivity index is 1.61. The number of rotatable bonds is 4. The van der Waals surface area contributed by atoms with Gasteiger partial charge < -0.3 is 19.1 Å². The molecule has 0 aromatic heterocycles. The number of carbonyl (C=O) groups excluding carboxylic acids is 1. The van der Waals surface area contributed by atoms with Crippen LogP contribution in [0.15, 0.2) is 18.2 Å². The second kappa shape index (κ2) is 7.27. The number of anilines is 1. The van der Waals surface area contributed by atoms with Gasteiger partial charge in [0.15, 0.2) is 0 Å². The Kier molecular flexibility index (Phi) is 5.13. The smallest absolute Gasteiger partial charge is 0.256 e. The molecule has 2 aliphatic heterocycles. The molecule has 1 aromatic carbocycles. The van der Waals surface area contributed by atoms with Gasteiger partial charge in [0.2, 0.25) is 0 Å². The van der Waals surface area contributed by atoms with Crippen LogP contribution >= 0.6 is 0 Å². The van der Waals surface area contributed by atoms with E-state index in [0.717, 1.165) is 25.9 Å². The maximum Gasteiger partial charge on any atom is 0.256 e. The van der Waals surface area contributed by atoms with Gasteiger partial charge in [-0.05, 0) is 38.3 Å². The molecule has 1 aromatic rings. The van der Waals surface area contributed by atoms with Crippen molar-refractivity contribution in [3.63, 3.8) is 0 Å². The van der Waals surface area contributed by atoms with Crippen LogP contribution in [-0.2, 0) is 14.3 Å². The maximum absolute atomic E-state index is 13.3. The van der Waals surface area contributed by atoms with E-state index in [1.165, 1.54) is 12.1 Å². The van der Waals surface area contributed by atoms with Crippen LogP contribution in [0.5, 0.6) is 5.75 Å². The lowest BCUT2D eigenvalue weighted by molar-refractivity contribution is -0.133. The molecular formula is C17H22FNO4. The molecule has 2 atom stereocenters. The molecule has 0 radical (unpaired) electrons. The molecule has 1 saturated heterocycles. The van der Waals surface area contributed by atoms with Gasteiger partial charge in [-0.3, -0.25) is 4.79 Å². The first-order valence-corrected chi connectivity index (χ1v) is 8.12. The van der Waals surface area contributed by atoms with Crippen LogP contribution < -0.4 is 9.64 Å². The van der Waals surface area contributed by atoms with Gasteiger partial charge in [0.1, 0.15) is 24.3 Å². The Morgan fingerprint density at radius 3 is 3.09 bits per heavy atom. The number of hydrogen-bond acceptors (Lipinski definition) is 4. The number of carbonyl (C=O) groups is 1. The zero-order valence-electron chi connectivity index (χ0n) is 13.3. The fraction of sp³-hybridized carbons (Fsp3) is 0.588. The highest BCUT2D eigenvalue weighted by Gasteiger charge is 2.28. The molecule has 0 bridgehead atoms. The van der Waals surface area contributed by atoms with Crippen molar-refractivity contribution in [2.75, 3.05) is 31.3 Å². The van der Waals surface area contributed by atoms with Crippen LogP contribution in [0.4, 0.5) is 10.1 Å². The molecule has 0 N–H and O–H groups in total. The second-order valence-corrected chi connectivity index (χ2v) is 5.91. The van der Waals surface area contributed by atoms with E-state index in [2.05, 4.69) is 0 Å². The Bertz CT molecular complexity index is 560. The summed E-state index contributed by atoms with van der Waals surface area (Å²) in [5, 5.41) is 0. The fourth-order valence-corrected chi connectivity index (χ4v) is 2.90. The van der Waals surface area contributed by atoms with Gasteiger partial charge in [0.25, 0.3) is 5.91 Å². The first-order valence-electron chi connectivity index (χ1n) is 8.12. The van der Waals surface area contributed by atoms with E-state index < -0.39 is 6.10 Å². The number of hydrogen-bond donors (Lipinski definition) is 0. The number of ether oxygens (including phenoxy) is 3. The minimum absolute atomic E-state index is 0.0741. The summed E-state index contributed by atoms with van der Waals surface area (Å²) < 4.78 is 30.0. The van der Waals surface area contributed by atoms with Crippen LogP contribution in [0.25, 0.3) is 0 Å². The van der Waals surface area contributed by atoms with E-state index in [1.807, 2.05) is 0 Å². The highest BCUT2D eigenvalue weighted by Crippen LogP contribution is 2.32. The van der Waals surface area contributed by atoms with E-state index in [4.69, 9.17) is 14.2 Å². The quantitative estimate of drug-likeness (QED) is 0.854. The molecular weight excluding hydrogens is 301 g/mol. The predicted octanol–water partition coefficient (Wildman–Crippen LogP) is 2.53. The highest BCUT2D eigenvalue weighted by atomic mass is 19.1. The molecule has 2 heterocycles. The van der Waals surface area contributed by atoms with Crippen molar-refractivity contribution in [1.82, 2.24) is 0 Å². The summed E-state index contributed by atoms with van der Waals surface area (Å²) in [6.45, 7) is 3.71. The lowest BCUT2D eigenvalue weighted by atomic mass is 10.1. The molecule has 1 fully saturated rings. The van der Waals surface area contributed by atoms with Crippen LogP contribution in [-0.4, -0.2) is 44.5 Å². The summed E-state index contributed by atoms with van der Waals surface area (Å²) in [6.07, 6.45) is 2.70. The van der Waals surface area contributed by atoms with Crippen molar-refractivity contribution >= 4 is 11.6 Å². The topological polar surface area (TPSA) is 48.0 Å². The van der Waals surface area contributed by atoms with Crippen LogP contribution in [0, 0.1) is 5.82 Å². The van der Waals surface area contributed by atoms with Crippen molar-refractivity contribution < 1.29 is 23.4 Å². The van der Waals surface area contributed by atoms with E-state index in [1.54, 1.807) is 17.9 Å². The van der Waals surface area contributed by atoms with Crippen molar-refractivity contribution in [1.29, 1.82) is 0 Å². The van der Waals surface area contributed by atoms with Crippen LogP contribution in [0.3, 0.4) is 0 Å². The molecule has 23 heavy (non-hydrogen) atoms. The number of fused-ring (bicyclic) bond motifs is 1. The number of amides is 1. The Morgan fingerprint density at radius 2 is 2.30 bits per heavy atom. The third kappa shape index (κ3) is 3.82. The van der Waals surface area contributed by atoms with E-state index >= 15 is 0 Å². The van der Waals surface area contributed by atoms with Crippen molar-refractivity contribution in [3.05, 3.63) is 24.0 Å². The van der Waals surface area contributed by atoms with E-state index in [9.17, 15) is 9.18 Å². The lowest BCUT2D eigenvalue weighted by Gasteiger charge is -2.32. The second-order valence-electron chi connectivity index (χ2n) is 5.91. The number of nitrogens with zero attached hydrogens (tertiary/aromatic N) is 1. The van der Waals surface area contributed by atoms with Gasteiger partial charge in [0, 0.05) is 12.7 Å². The third-order valence-corrected chi connectivity index (χ3v) is 4.21. The van der Waals surface area contributed by atoms with Gasteiger partial charge in [-0.15, -0.1) is 0 Å². The van der Waals surface area contributed by atoms with E-state index in [-0.39, 0.29) is 17.8 Å². The van der Waals surface area contributed by atoms with Crippen molar-refractivity contribution in [3.8, 4) is 5.75 Å². The zero-order valence-corrected chi connectivity index (χ0v) is 13.3. The van der Waals surface area contributed by atoms with Crippen molar-refractivity contribution in [2.24, 2.45) is 0 Å². The first kappa shape index (κ1) is 16.2. The van der Waals surface area contributed by atoms with Gasteiger partial charge >= 0.3 is 0 Å². The van der Waals surface area contributed by atoms with Crippen LogP contribution in [0.1, 0.15) is 26.2 Å². The van der Waals surface area contributed by atoms with Gasteiger partial charge in [0.05, 0.1) is 24.9 Å². The predicted molar refractivity (Wildman–Crippen MR) is 83.3 cm³/mol. The Labute approximate surface area is 135 Å². The molecule has 3 rings (SSSR count). The Hall–Kier alpha value is -1.66. The summed E-state index contributed by atoms with van der Waals surface area (Å²) >= 11 is 0. The fourth-order valence-electron chi connectivity index (χ4n) is 2.90. The van der Waals surface area contributed by atoms with Crippen molar-refractivity contribution in [2.45, 2.75) is 38.4 Å². The number of halogens is 1. The van der Waals surface area contributed by atoms with Gasteiger partial charge in [-0.1, -0.05) is 0 Å². The third-order valence-electron chi connectivity index (χ3n) is 4.21. The molecule has 5 nitrogen and oxygen atoms in total. The number of benzene rings is 1. The first-order chi connectivity index (χ1) is 11.1. The van der Waals surface area contributed by atoms with Crippen LogP contribution in [0.2, 0.25) is 0 Å². The van der Waals surface area contributed by atoms with Gasteiger partial charge in [-0.2, -0.15) is 0 Å². The average Bonchev–Trinajstić information content (AvgIpc) is 2.59. The molecule has 0 aliphatic carbocycles. The Morgan fingerprint density at radius 1 is 1.43 bits per heavy atom. The zero-order chi connectivity index (χ0) is 16.2. The SMILES string of the molecule is CC(OCC1CCCCO1)C(=O)N1CCOc2cc(F)ccc21. The lowest BCUT2D eigenvalue weighted by Crippen LogP contribution is -2.44. The molecule has 2 unspecified atom stereocenters. The summed E-state index contributed by atoms with van der Waals surface area (Å²) in [7, 11) is 0. The van der Waals surface area contributed by atoms with Gasteiger partial charge in [-0.25, -0.2) is 4.39 Å². The highest BCUT2D eigenvalue weighted by molar-refractivity contribution is 5.98. The average molecular weight is 323 g/mol. The minimum Gasteiger partial charge on any atom is -0.489 e. The monoisotopic (exact) mass is 323 g/mol. The molecule has 0 saturated carbocycles. The molecule has 6 heteroatoms. The molecule has 126 valence electrons. The van der Waals surface area contributed by atoms with E-state index in [0.29, 0.717) is 31.2 Å². The molecule has 2 aliphatic rings. The summed E-state index contributed by atoms with van der Waals surface area (Å²) in [5.74, 6) is -0.124. The molecule has 0 spiro atoms. The normalized spacial score (nSPS) is 22.2.